The van der Waals surface area contributed by atoms with E-state index in [9.17, 15) is 14.4 Å². The maximum atomic E-state index is 12.8. The molecule has 3 atom stereocenters. The number of hydrogen-bond donors (Lipinski definition) is 1. The van der Waals surface area contributed by atoms with Crippen LogP contribution >= 0.6 is 0 Å². The van der Waals surface area contributed by atoms with Gasteiger partial charge in [-0.1, -0.05) is 49.4 Å². The van der Waals surface area contributed by atoms with Crippen LogP contribution in [0.4, 0.5) is 0 Å². The minimum atomic E-state index is -0.600. The predicted molar refractivity (Wildman–Crippen MR) is 110 cm³/mol. The molecule has 0 saturated carbocycles. The Morgan fingerprint density at radius 3 is 2.45 bits per heavy atom. The number of cyclic esters (lactones) is 1. The first-order chi connectivity index (χ1) is 13.7. The zero-order chi connectivity index (χ0) is 21.4. The van der Waals surface area contributed by atoms with E-state index in [0.717, 1.165) is 5.56 Å². The summed E-state index contributed by atoms with van der Waals surface area (Å²) in [6.45, 7) is 7.36. The van der Waals surface area contributed by atoms with Crippen molar-refractivity contribution in [2.24, 2.45) is 11.8 Å². The van der Waals surface area contributed by atoms with Crippen LogP contribution in [0, 0.1) is 11.8 Å². The third kappa shape index (κ3) is 7.72. The van der Waals surface area contributed by atoms with E-state index < -0.39 is 23.6 Å². The van der Waals surface area contributed by atoms with Crippen molar-refractivity contribution < 1.29 is 23.9 Å². The number of hydrogen-bond acceptors (Lipinski definition) is 5. The number of carbonyl (C=O) groups is 3. The van der Waals surface area contributed by atoms with Crippen LogP contribution < -0.4 is 5.32 Å². The van der Waals surface area contributed by atoms with Gasteiger partial charge in [-0.05, 0) is 39.2 Å². The summed E-state index contributed by atoms with van der Waals surface area (Å²) in [5.41, 5.74) is 0.209. The summed E-state index contributed by atoms with van der Waals surface area (Å²) < 4.78 is 11.0. The molecule has 6 heteroatoms. The molecule has 2 rings (SSSR count). The van der Waals surface area contributed by atoms with Crippen molar-refractivity contribution in [1.29, 1.82) is 0 Å². The fourth-order valence-electron chi connectivity index (χ4n) is 3.01. The number of benzene rings is 1. The van der Waals surface area contributed by atoms with Crippen LogP contribution in [0.2, 0.25) is 0 Å². The molecule has 1 aliphatic heterocycles. The highest BCUT2D eigenvalue weighted by atomic mass is 16.6. The van der Waals surface area contributed by atoms with Crippen LogP contribution in [0.15, 0.2) is 42.5 Å². The third-order valence-electron chi connectivity index (χ3n) is 4.57. The van der Waals surface area contributed by atoms with Crippen molar-refractivity contribution in [1.82, 2.24) is 5.32 Å². The lowest BCUT2D eigenvalue weighted by atomic mass is 9.98. The molecule has 1 amide bonds. The Hall–Kier alpha value is -2.63. The van der Waals surface area contributed by atoms with E-state index in [-0.39, 0.29) is 30.8 Å². The molecule has 1 N–H and O–H groups in total. The lowest BCUT2D eigenvalue weighted by Gasteiger charge is -2.24. The topological polar surface area (TPSA) is 81.7 Å². The highest BCUT2D eigenvalue weighted by Gasteiger charge is 2.27. The average molecular weight is 402 g/mol. The molecule has 0 aromatic heterocycles. The normalized spacial score (nSPS) is 25.0. The summed E-state index contributed by atoms with van der Waals surface area (Å²) >= 11 is 0. The van der Waals surface area contributed by atoms with Gasteiger partial charge >= 0.3 is 11.9 Å². The molecule has 1 aliphatic rings. The molecule has 0 bridgehead atoms. The van der Waals surface area contributed by atoms with Gasteiger partial charge in [0.1, 0.15) is 11.7 Å². The Morgan fingerprint density at radius 2 is 1.79 bits per heavy atom. The number of esters is 2. The Morgan fingerprint density at radius 1 is 1.14 bits per heavy atom. The zero-order valence-corrected chi connectivity index (χ0v) is 17.6. The van der Waals surface area contributed by atoms with Crippen LogP contribution in [-0.2, 0) is 23.9 Å². The van der Waals surface area contributed by atoms with E-state index in [1.165, 1.54) is 0 Å². The minimum Gasteiger partial charge on any atom is -0.460 e. The van der Waals surface area contributed by atoms with Crippen molar-refractivity contribution >= 4 is 17.8 Å². The average Bonchev–Trinajstić information content (AvgIpc) is 2.65. The van der Waals surface area contributed by atoms with E-state index in [4.69, 9.17) is 9.47 Å². The van der Waals surface area contributed by atoms with Gasteiger partial charge < -0.3 is 14.8 Å². The zero-order valence-electron chi connectivity index (χ0n) is 17.6. The number of amides is 1. The van der Waals surface area contributed by atoms with Gasteiger partial charge in [0.2, 0.25) is 5.91 Å². The number of ether oxygens (including phenoxy) is 2. The molecular weight excluding hydrogens is 370 g/mol. The van der Waals surface area contributed by atoms with Crippen LogP contribution in [0.5, 0.6) is 0 Å². The van der Waals surface area contributed by atoms with Crippen molar-refractivity contribution in [3.8, 4) is 0 Å². The molecule has 0 fully saturated rings. The molecular formula is C23H31NO5. The highest BCUT2D eigenvalue weighted by molar-refractivity contribution is 5.84. The van der Waals surface area contributed by atoms with Gasteiger partial charge in [-0.3, -0.25) is 14.4 Å². The van der Waals surface area contributed by atoms with Gasteiger partial charge in [-0.15, -0.1) is 0 Å². The SMILES string of the molecule is C[C@H]1C/C=C/C[C@@H](CC(=O)OC(C)(C)C)C(=O)NC[C@@H](c2ccccc2)OC1=O. The van der Waals surface area contributed by atoms with Crippen LogP contribution in [-0.4, -0.2) is 30.0 Å². The third-order valence-corrected chi connectivity index (χ3v) is 4.57. The first kappa shape index (κ1) is 22.7. The van der Waals surface area contributed by atoms with E-state index in [1.807, 2.05) is 49.4 Å². The maximum absolute atomic E-state index is 12.8. The van der Waals surface area contributed by atoms with Gasteiger partial charge in [-0.25, -0.2) is 0 Å². The van der Waals surface area contributed by atoms with Crippen molar-refractivity contribution in [3.63, 3.8) is 0 Å². The fraction of sp³-hybridized carbons (Fsp3) is 0.522. The molecule has 1 aromatic carbocycles. The number of carbonyl (C=O) groups excluding carboxylic acids is 3. The molecule has 1 aromatic rings. The van der Waals surface area contributed by atoms with Crippen molar-refractivity contribution in [3.05, 3.63) is 48.0 Å². The number of allylic oxidation sites excluding steroid dienone is 2. The largest absolute Gasteiger partial charge is 0.460 e. The molecule has 0 spiro atoms. The molecule has 0 unspecified atom stereocenters. The molecule has 29 heavy (non-hydrogen) atoms. The molecule has 158 valence electrons. The Balaban J connectivity index is 2.17. The fourth-order valence-corrected chi connectivity index (χ4v) is 3.01. The highest BCUT2D eigenvalue weighted by Crippen LogP contribution is 2.22. The summed E-state index contributed by atoms with van der Waals surface area (Å²) in [5, 5.41) is 2.84. The summed E-state index contributed by atoms with van der Waals surface area (Å²) in [6.07, 6.45) is 4.04. The van der Waals surface area contributed by atoms with Gasteiger partial charge in [0.15, 0.2) is 0 Å². The van der Waals surface area contributed by atoms with Gasteiger partial charge in [-0.2, -0.15) is 0 Å². The second-order valence-corrected chi connectivity index (χ2v) is 8.41. The molecule has 0 radical (unpaired) electrons. The lowest BCUT2D eigenvalue weighted by Crippen LogP contribution is -2.37. The monoisotopic (exact) mass is 401 g/mol. The molecule has 1 heterocycles. The summed E-state index contributed by atoms with van der Waals surface area (Å²) in [7, 11) is 0. The van der Waals surface area contributed by atoms with Gasteiger partial charge in [0.25, 0.3) is 0 Å². The van der Waals surface area contributed by atoms with Crippen LogP contribution in [0.3, 0.4) is 0 Å². The molecule has 6 nitrogen and oxygen atoms in total. The number of rotatable bonds is 3. The quantitative estimate of drug-likeness (QED) is 0.617. The van der Waals surface area contributed by atoms with Crippen LogP contribution in [0.25, 0.3) is 0 Å². The van der Waals surface area contributed by atoms with E-state index in [0.29, 0.717) is 12.8 Å². The first-order valence-electron chi connectivity index (χ1n) is 10.1. The number of nitrogens with one attached hydrogen (secondary N) is 1. The van der Waals surface area contributed by atoms with E-state index in [2.05, 4.69) is 5.32 Å². The Labute approximate surface area is 172 Å². The van der Waals surface area contributed by atoms with Crippen molar-refractivity contribution in [2.75, 3.05) is 6.54 Å². The second-order valence-electron chi connectivity index (χ2n) is 8.41. The standard InChI is InChI=1S/C23H31NO5/c1-16-10-8-9-13-18(14-20(25)29-23(2,3)4)21(26)24-15-19(28-22(16)27)17-11-6-5-7-12-17/h5-9,11-12,16,18-19H,10,13-15H2,1-4H3,(H,24,26)/b9-8+/t16-,18-,19-/m0/s1. The minimum absolute atomic E-state index is 0.00120. The lowest BCUT2D eigenvalue weighted by molar-refractivity contribution is -0.157. The van der Waals surface area contributed by atoms with Crippen molar-refractivity contribution in [2.45, 2.75) is 58.7 Å². The predicted octanol–water partition coefficient (Wildman–Crippen LogP) is 3.72. The smallest absolute Gasteiger partial charge is 0.309 e. The van der Waals surface area contributed by atoms with E-state index in [1.54, 1.807) is 20.8 Å². The summed E-state index contributed by atoms with van der Waals surface area (Å²) in [4.78, 5) is 37.4. The summed E-state index contributed by atoms with van der Waals surface area (Å²) in [6, 6.07) is 9.32. The van der Waals surface area contributed by atoms with Gasteiger partial charge in [0, 0.05) is 0 Å². The molecule has 0 aliphatic carbocycles. The molecule has 0 saturated heterocycles. The Kier molecular flexibility index (Phi) is 8.00. The van der Waals surface area contributed by atoms with Gasteiger partial charge in [0.05, 0.1) is 24.8 Å². The Bertz CT molecular complexity index is 735. The maximum Gasteiger partial charge on any atom is 0.309 e. The van der Waals surface area contributed by atoms with Crippen LogP contribution in [0.1, 0.15) is 58.6 Å². The summed E-state index contributed by atoms with van der Waals surface area (Å²) in [5.74, 6) is -1.80. The van der Waals surface area contributed by atoms with E-state index >= 15 is 0 Å². The second kappa shape index (κ2) is 10.2. The first-order valence-corrected chi connectivity index (χ1v) is 10.1.